The van der Waals surface area contributed by atoms with Gasteiger partial charge >= 0.3 is 6.09 Å². The van der Waals surface area contributed by atoms with Gasteiger partial charge in [0.1, 0.15) is 23.5 Å². The number of aromatic hydroxyl groups is 1. The van der Waals surface area contributed by atoms with Gasteiger partial charge in [-0.25, -0.2) is 9.18 Å². The molecule has 0 aliphatic carbocycles. The predicted molar refractivity (Wildman–Crippen MR) is 157 cm³/mol. The molecule has 4 N–H and O–H groups in total. The largest absolute Gasteiger partial charge is 0.505 e. The van der Waals surface area contributed by atoms with E-state index in [4.69, 9.17) is 10.5 Å². The molecule has 0 fully saturated rings. The Hall–Kier alpha value is -4.77. The van der Waals surface area contributed by atoms with E-state index < -0.39 is 34.9 Å². The SMILES string of the molecule is CCNC(=O)c1c(O)c2ncc(Cc3ccc(F)cc3)cc2n(CCN(C)C(=O)OCC(N)Cc2ccccc2)c1=O. The average molecular weight is 576 g/mol. The van der Waals surface area contributed by atoms with Gasteiger partial charge in [0.15, 0.2) is 5.75 Å². The number of carbonyl (C=O) groups is 2. The second-order valence-electron chi connectivity index (χ2n) is 10.0. The van der Waals surface area contributed by atoms with E-state index in [-0.39, 0.29) is 43.1 Å². The molecule has 42 heavy (non-hydrogen) atoms. The molecule has 2 heterocycles. The zero-order valence-electron chi connectivity index (χ0n) is 23.5. The highest BCUT2D eigenvalue weighted by Gasteiger charge is 2.24. The highest BCUT2D eigenvalue weighted by Crippen LogP contribution is 2.26. The van der Waals surface area contributed by atoms with E-state index in [2.05, 4.69) is 10.3 Å². The molecule has 0 aliphatic heterocycles. The van der Waals surface area contributed by atoms with E-state index in [0.717, 1.165) is 11.1 Å². The van der Waals surface area contributed by atoms with Crippen LogP contribution >= 0.6 is 0 Å². The molecule has 11 heteroatoms. The number of hydrogen-bond acceptors (Lipinski definition) is 7. The van der Waals surface area contributed by atoms with E-state index in [9.17, 15) is 23.9 Å². The second-order valence-corrected chi connectivity index (χ2v) is 10.0. The van der Waals surface area contributed by atoms with Crippen molar-refractivity contribution in [3.63, 3.8) is 0 Å². The summed E-state index contributed by atoms with van der Waals surface area (Å²) in [5.41, 5.74) is 7.89. The smallest absolute Gasteiger partial charge is 0.409 e. The molecule has 220 valence electrons. The van der Waals surface area contributed by atoms with Gasteiger partial charge in [0, 0.05) is 38.9 Å². The first-order chi connectivity index (χ1) is 20.2. The van der Waals surface area contributed by atoms with Crippen LogP contribution in [0.4, 0.5) is 9.18 Å². The van der Waals surface area contributed by atoms with Crippen molar-refractivity contribution in [2.45, 2.75) is 32.4 Å². The van der Waals surface area contributed by atoms with Gasteiger partial charge < -0.3 is 30.4 Å². The second kappa shape index (κ2) is 13.7. The number of likely N-dealkylation sites (N-methyl/N-ethyl adjacent to an activating group) is 1. The monoisotopic (exact) mass is 575 g/mol. The predicted octanol–water partition coefficient (Wildman–Crippen LogP) is 3.22. The fourth-order valence-electron chi connectivity index (χ4n) is 4.56. The van der Waals surface area contributed by atoms with Crippen LogP contribution in [-0.4, -0.2) is 64.3 Å². The minimum atomic E-state index is -0.729. The molecule has 1 unspecified atom stereocenters. The topological polar surface area (TPSA) is 140 Å². The van der Waals surface area contributed by atoms with E-state index in [1.807, 2.05) is 30.3 Å². The molecule has 0 aliphatic rings. The molecule has 1 atom stereocenters. The van der Waals surface area contributed by atoms with Gasteiger partial charge in [-0.05, 0) is 54.7 Å². The minimum absolute atomic E-state index is 0.00856. The van der Waals surface area contributed by atoms with Crippen LogP contribution in [0.2, 0.25) is 0 Å². The lowest BCUT2D eigenvalue weighted by Gasteiger charge is -2.21. The molecule has 2 aromatic carbocycles. The number of nitrogens with zero attached hydrogens (tertiary/aromatic N) is 3. The summed E-state index contributed by atoms with van der Waals surface area (Å²) in [4.78, 5) is 44.6. The number of halogens is 1. The van der Waals surface area contributed by atoms with Gasteiger partial charge in [-0.15, -0.1) is 0 Å². The van der Waals surface area contributed by atoms with Crippen molar-refractivity contribution in [2.75, 3.05) is 26.7 Å². The van der Waals surface area contributed by atoms with Crippen molar-refractivity contribution in [3.05, 3.63) is 105 Å². The third-order valence-electron chi connectivity index (χ3n) is 6.75. The molecule has 0 bridgehead atoms. The van der Waals surface area contributed by atoms with Crippen LogP contribution < -0.4 is 16.6 Å². The van der Waals surface area contributed by atoms with Gasteiger partial charge in [0.25, 0.3) is 11.5 Å². The molecular formula is C31H34FN5O5. The van der Waals surface area contributed by atoms with Gasteiger partial charge in [-0.3, -0.25) is 14.6 Å². The fourth-order valence-corrected chi connectivity index (χ4v) is 4.56. The summed E-state index contributed by atoms with van der Waals surface area (Å²) < 4.78 is 20.1. The Labute approximate surface area is 242 Å². The maximum Gasteiger partial charge on any atom is 0.409 e. The van der Waals surface area contributed by atoms with Gasteiger partial charge in [0.05, 0.1) is 5.52 Å². The van der Waals surface area contributed by atoms with E-state index in [1.165, 1.54) is 34.8 Å². The van der Waals surface area contributed by atoms with Crippen molar-refractivity contribution in [1.29, 1.82) is 0 Å². The molecular weight excluding hydrogens is 541 g/mol. The summed E-state index contributed by atoms with van der Waals surface area (Å²) in [5.74, 6) is -1.61. The standard InChI is InChI=1S/C31H34FN5O5/c1-3-34-29(39)26-28(38)27-25(17-22(18-35-27)15-21-9-11-23(32)12-10-21)37(30(26)40)14-13-36(2)31(41)42-19-24(33)16-20-7-5-4-6-8-20/h4-12,17-18,24,38H,3,13-16,19,33H2,1-2H3,(H,34,39). The van der Waals surface area contributed by atoms with Crippen LogP contribution in [0.15, 0.2) is 71.7 Å². The van der Waals surface area contributed by atoms with Crippen LogP contribution in [0.3, 0.4) is 0 Å². The fraction of sp³-hybridized carbons (Fsp3) is 0.290. The Morgan fingerprint density at radius 2 is 1.83 bits per heavy atom. The summed E-state index contributed by atoms with van der Waals surface area (Å²) in [6.07, 6.45) is 1.85. The van der Waals surface area contributed by atoms with Crippen LogP contribution in [0.25, 0.3) is 11.0 Å². The quantitative estimate of drug-likeness (QED) is 0.250. The molecule has 2 aromatic heterocycles. The first-order valence-electron chi connectivity index (χ1n) is 13.6. The van der Waals surface area contributed by atoms with E-state index >= 15 is 0 Å². The Morgan fingerprint density at radius 3 is 2.52 bits per heavy atom. The lowest BCUT2D eigenvalue weighted by Crippen LogP contribution is -2.38. The highest BCUT2D eigenvalue weighted by atomic mass is 19.1. The van der Waals surface area contributed by atoms with Crippen LogP contribution in [0.1, 0.15) is 34.0 Å². The number of ether oxygens (including phenoxy) is 1. The first-order valence-corrected chi connectivity index (χ1v) is 13.6. The maximum atomic E-state index is 13.5. The first kappa shape index (κ1) is 30.2. The number of rotatable bonds is 11. The molecule has 0 spiro atoms. The Morgan fingerprint density at radius 1 is 1.12 bits per heavy atom. The number of nitrogens with one attached hydrogen (secondary N) is 1. The lowest BCUT2D eigenvalue weighted by atomic mass is 10.1. The van der Waals surface area contributed by atoms with Gasteiger partial charge in [-0.1, -0.05) is 42.5 Å². The van der Waals surface area contributed by atoms with Gasteiger partial charge in [0.2, 0.25) is 0 Å². The zero-order chi connectivity index (χ0) is 30.2. The number of aromatic nitrogens is 2. The number of nitrogens with two attached hydrogens (primary N) is 1. The molecule has 0 saturated heterocycles. The summed E-state index contributed by atoms with van der Waals surface area (Å²) in [5, 5.41) is 13.4. The summed E-state index contributed by atoms with van der Waals surface area (Å²) in [6, 6.07) is 16.9. The maximum absolute atomic E-state index is 13.5. The molecule has 4 aromatic rings. The van der Waals surface area contributed by atoms with Gasteiger partial charge in [-0.2, -0.15) is 0 Å². The Bertz CT molecular complexity index is 1610. The Balaban J connectivity index is 1.55. The van der Waals surface area contributed by atoms with E-state index in [0.29, 0.717) is 18.4 Å². The highest BCUT2D eigenvalue weighted by molar-refractivity contribution is 6.01. The molecule has 0 saturated carbocycles. The van der Waals surface area contributed by atoms with E-state index in [1.54, 1.807) is 25.1 Å². The number of amides is 2. The van der Waals surface area contributed by atoms with Crippen LogP contribution in [0.5, 0.6) is 5.75 Å². The van der Waals surface area contributed by atoms with Crippen molar-refractivity contribution < 1.29 is 23.8 Å². The average Bonchev–Trinajstić information content (AvgIpc) is 2.97. The number of benzene rings is 2. The lowest BCUT2D eigenvalue weighted by molar-refractivity contribution is 0.0949. The normalized spacial score (nSPS) is 11.7. The molecule has 2 amide bonds. The summed E-state index contributed by atoms with van der Waals surface area (Å²) >= 11 is 0. The summed E-state index contributed by atoms with van der Waals surface area (Å²) in [7, 11) is 1.53. The number of carbonyl (C=O) groups excluding carboxylic acids is 2. The molecule has 0 radical (unpaired) electrons. The van der Waals surface area contributed by atoms with Crippen LogP contribution in [0, 0.1) is 5.82 Å². The number of hydrogen-bond donors (Lipinski definition) is 3. The van der Waals surface area contributed by atoms with Crippen molar-refractivity contribution in [1.82, 2.24) is 19.8 Å². The Kier molecular flexibility index (Phi) is 9.87. The number of pyridine rings is 2. The third-order valence-corrected chi connectivity index (χ3v) is 6.75. The van der Waals surface area contributed by atoms with Crippen molar-refractivity contribution in [3.8, 4) is 5.75 Å². The third kappa shape index (κ3) is 7.29. The minimum Gasteiger partial charge on any atom is -0.505 e. The molecule has 4 rings (SSSR count). The van der Waals surface area contributed by atoms with Crippen molar-refractivity contribution in [2.24, 2.45) is 5.73 Å². The van der Waals surface area contributed by atoms with Crippen LogP contribution in [-0.2, 0) is 24.1 Å². The van der Waals surface area contributed by atoms with Crippen molar-refractivity contribution >= 4 is 23.0 Å². The summed E-state index contributed by atoms with van der Waals surface area (Å²) in [6.45, 7) is 2.01. The molecule has 10 nitrogen and oxygen atoms in total. The number of fused-ring (bicyclic) bond motifs is 1. The zero-order valence-corrected chi connectivity index (χ0v) is 23.5.